The predicted molar refractivity (Wildman–Crippen MR) is 112 cm³/mol. The highest BCUT2D eigenvalue weighted by atomic mass is 35.5. The van der Waals surface area contributed by atoms with E-state index in [0.717, 1.165) is 11.4 Å². The number of nitrogens with zero attached hydrogens (tertiary/aromatic N) is 3. The molecule has 3 aromatic rings. The molecule has 9 heteroatoms. The van der Waals surface area contributed by atoms with Crippen LogP contribution in [0, 0.1) is 5.82 Å². The molecule has 0 aliphatic carbocycles. The molecule has 30 heavy (non-hydrogen) atoms. The molecular formula is C21H19ClFN5O2. The van der Waals surface area contributed by atoms with Crippen LogP contribution in [0.25, 0.3) is 0 Å². The number of amides is 2. The second kappa shape index (κ2) is 7.79. The van der Waals surface area contributed by atoms with E-state index in [4.69, 9.17) is 11.6 Å². The van der Waals surface area contributed by atoms with Gasteiger partial charge in [0.15, 0.2) is 0 Å². The van der Waals surface area contributed by atoms with Gasteiger partial charge in [-0.2, -0.15) is 5.10 Å². The highest BCUT2D eigenvalue weighted by Gasteiger charge is 2.27. The lowest BCUT2D eigenvalue weighted by Gasteiger charge is -2.23. The molecule has 0 radical (unpaired) electrons. The van der Waals surface area contributed by atoms with Gasteiger partial charge in [0.1, 0.15) is 11.6 Å². The largest absolute Gasteiger partial charge is 0.352 e. The molecule has 0 atom stereocenters. The van der Waals surface area contributed by atoms with Crippen LogP contribution < -0.4 is 15.5 Å². The van der Waals surface area contributed by atoms with Gasteiger partial charge in [-0.05, 0) is 30.3 Å². The number of carbonyl (C=O) groups excluding carboxylic acids is 2. The van der Waals surface area contributed by atoms with Crippen LogP contribution in [0.4, 0.5) is 21.6 Å². The molecule has 0 bridgehead atoms. The van der Waals surface area contributed by atoms with Crippen molar-refractivity contribution >= 4 is 40.6 Å². The first kappa shape index (κ1) is 19.9. The second-order valence-corrected chi connectivity index (χ2v) is 7.47. The van der Waals surface area contributed by atoms with E-state index in [0.29, 0.717) is 22.0 Å². The summed E-state index contributed by atoms with van der Waals surface area (Å²) in [6, 6.07) is 9.44. The molecule has 0 unspecified atom stereocenters. The summed E-state index contributed by atoms with van der Waals surface area (Å²) in [6.45, 7) is 1.68. The summed E-state index contributed by atoms with van der Waals surface area (Å²) >= 11 is 6.16. The first-order chi connectivity index (χ1) is 14.3. The van der Waals surface area contributed by atoms with Crippen molar-refractivity contribution in [3.63, 3.8) is 0 Å². The maximum atomic E-state index is 14.5. The van der Waals surface area contributed by atoms with Crippen molar-refractivity contribution in [1.29, 1.82) is 0 Å². The van der Waals surface area contributed by atoms with Gasteiger partial charge in [0, 0.05) is 42.2 Å². The summed E-state index contributed by atoms with van der Waals surface area (Å²) in [5, 5.41) is 10.6. The van der Waals surface area contributed by atoms with E-state index in [9.17, 15) is 14.0 Å². The minimum absolute atomic E-state index is 0.0592. The number of anilines is 3. The van der Waals surface area contributed by atoms with Crippen molar-refractivity contribution in [3.05, 3.63) is 70.1 Å². The Morgan fingerprint density at radius 1 is 1.27 bits per heavy atom. The number of benzene rings is 2. The summed E-state index contributed by atoms with van der Waals surface area (Å²) in [4.78, 5) is 26.0. The Balaban J connectivity index is 1.71. The molecule has 0 fully saturated rings. The van der Waals surface area contributed by atoms with Gasteiger partial charge in [0.2, 0.25) is 5.91 Å². The zero-order valence-corrected chi connectivity index (χ0v) is 17.1. The number of hydrogen-bond acceptors (Lipinski definition) is 4. The summed E-state index contributed by atoms with van der Waals surface area (Å²) in [7, 11) is 1.80. The van der Waals surface area contributed by atoms with E-state index >= 15 is 0 Å². The monoisotopic (exact) mass is 427 g/mol. The average molecular weight is 428 g/mol. The lowest BCUT2D eigenvalue weighted by atomic mass is 10.1. The molecular weight excluding hydrogens is 409 g/mol. The minimum atomic E-state index is -0.555. The van der Waals surface area contributed by atoms with E-state index in [2.05, 4.69) is 15.7 Å². The van der Waals surface area contributed by atoms with Gasteiger partial charge in [0.25, 0.3) is 5.91 Å². The van der Waals surface area contributed by atoms with Gasteiger partial charge in [-0.15, -0.1) is 0 Å². The molecule has 0 saturated carbocycles. The molecule has 154 valence electrons. The lowest BCUT2D eigenvalue weighted by Crippen LogP contribution is -2.30. The van der Waals surface area contributed by atoms with Crippen molar-refractivity contribution in [2.45, 2.75) is 20.0 Å². The van der Waals surface area contributed by atoms with Crippen LogP contribution in [-0.4, -0.2) is 21.6 Å². The van der Waals surface area contributed by atoms with Crippen LogP contribution in [0.2, 0.25) is 5.02 Å². The van der Waals surface area contributed by atoms with Crippen molar-refractivity contribution in [2.24, 2.45) is 7.05 Å². The number of fused-ring (bicyclic) bond motifs is 2. The van der Waals surface area contributed by atoms with Crippen LogP contribution in [0.3, 0.4) is 0 Å². The number of aromatic nitrogens is 2. The van der Waals surface area contributed by atoms with Crippen molar-refractivity contribution < 1.29 is 14.0 Å². The molecule has 1 aromatic heterocycles. The van der Waals surface area contributed by atoms with Crippen molar-refractivity contribution in [3.8, 4) is 0 Å². The van der Waals surface area contributed by atoms with Gasteiger partial charge < -0.3 is 15.5 Å². The SMILES string of the molecule is CC(=O)NCc1ccc(C(=O)N2Cc3cnn(C)c3Nc3cc(Cl)ccc32)cc1F. The number of rotatable bonds is 3. The van der Waals surface area contributed by atoms with Crippen molar-refractivity contribution in [1.82, 2.24) is 15.1 Å². The molecule has 1 aliphatic rings. The third kappa shape index (κ3) is 3.73. The molecule has 2 aromatic carbocycles. The van der Waals surface area contributed by atoms with Crippen LogP contribution in [-0.2, 0) is 24.9 Å². The van der Waals surface area contributed by atoms with E-state index in [1.165, 1.54) is 19.1 Å². The predicted octanol–water partition coefficient (Wildman–Crippen LogP) is 3.75. The fourth-order valence-electron chi connectivity index (χ4n) is 3.37. The molecule has 4 rings (SSSR count). The Hall–Kier alpha value is -3.39. The zero-order valence-electron chi connectivity index (χ0n) is 16.4. The summed E-state index contributed by atoms with van der Waals surface area (Å²) < 4.78 is 16.2. The van der Waals surface area contributed by atoms with Gasteiger partial charge in [-0.3, -0.25) is 14.3 Å². The van der Waals surface area contributed by atoms with Gasteiger partial charge in [0.05, 0.1) is 24.1 Å². The van der Waals surface area contributed by atoms with Crippen molar-refractivity contribution in [2.75, 3.05) is 10.2 Å². The van der Waals surface area contributed by atoms with E-state index in [1.807, 2.05) is 0 Å². The Kier molecular flexibility index (Phi) is 5.17. The molecule has 0 saturated heterocycles. The first-order valence-corrected chi connectivity index (χ1v) is 9.63. The Morgan fingerprint density at radius 2 is 2.07 bits per heavy atom. The Bertz CT molecular complexity index is 1160. The fourth-order valence-corrected chi connectivity index (χ4v) is 3.54. The Labute approximate surface area is 177 Å². The van der Waals surface area contributed by atoms with Crippen LogP contribution in [0.15, 0.2) is 42.6 Å². The van der Waals surface area contributed by atoms with Gasteiger partial charge >= 0.3 is 0 Å². The number of nitrogens with one attached hydrogen (secondary N) is 2. The second-order valence-electron chi connectivity index (χ2n) is 7.04. The summed E-state index contributed by atoms with van der Waals surface area (Å²) in [5.41, 5.74) is 2.61. The lowest BCUT2D eigenvalue weighted by molar-refractivity contribution is -0.119. The zero-order chi connectivity index (χ0) is 21.4. The van der Waals surface area contributed by atoms with E-state index in [1.54, 1.807) is 47.1 Å². The third-order valence-electron chi connectivity index (χ3n) is 4.92. The molecule has 7 nitrogen and oxygen atoms in total. The molecule has 2 heterocycles. The molecule has 1 aliphatic heterocycles. The highest BCUT2D eigenvalue weighted by Crippen LogP contribution is 2.37. The topological polar surface area (TPSA) is 79.3 Å². The van der Waals surface area contributed by atoms with Crippen LogP contribution in [0.5, 0.6) is 0 Å². The Morgan fingerprint density at radius 3 is 2.80 bits per heavy atom. The summed E-state index contributed by atoms with van der Waals surface area (Å²) in [5.74, 6) is -0.414. The smallest absolute Gasteiger partial charge is 0.258 e. The quantitative estimate of drug-likeness (QED) is 0.667. The molecule has 2 amide bonds. The molecule has 0 spiro atoms. The van der Waals surface area contributed by atoms with Crippen LogP contribution >= 0.6 is 11.6 Å². The maximum Gasteiger partial charge on any atom is 0.258 e. The highest BCUT2D eigenvalue weighted by molar-refractivity contribution is 6.31. The first-order valence-electron chi connectivity index (χ1n) is 9.25. The average Bonchev–Trinajstić information content (AvgIpc) is 2.95. The standard InChI is InChI=1S/C21H19ClFN5O2/c1-12(29)24-9-14-4-3-13(7-17(14)23)21(30)28-11-15-10-25-27(2)20(15)26-18-8-16(22)5-6-19(18)28/h3-8,10,26H,9,11H2,1-2H3,(H,24,29). The summed E-state index contributed by atoms with van der Waals surface area (Å²) in [6.07, 6.45) is 1.69. The number of aryl methyl sites for hydroxylation is 1. The number of hydrogen-bond donors (Lipinski definition) is 2. The van der Waals surface area contributed by atoms with Gasteiger partial charge in [-0.1, -0.05) is 17.7 Å². The fraction of sp³-hybridized carbons (Fsp3) is 0.190. The van der Waals surface area contributed by atoms with Crippen LogP contribution in [0.1, 0.15) is 28.4 Å². The van der Waals surface area contributed by atoms with Gasteiger partial charge in [-0.25, -0.2) is 4.39 Å². The normalized spacial score (nSPS) is 12.5. The van der Waals surface area contributed by atoms with E-state index < -0.39 is 5.82 Å². The maximum absolute atomic E-state index is 14.5. The minimum Gasteiger partial charge on any atom is -0.352 e. The van der Waals surface area contributed by atoms with E-state index in [-0.39, 0.29) is 30.5 Å². The number of carbonyl (C=O) groups is 2. The number of halogens is 2. The molecule has 2 N–H and O–H groups in total. The third-order valence-corrected chi connectivity index (χ3v) is 5.15.